The summed E-state index contributed by atoms with van der Waals surface area (Å²) >= 11 is 9.26. The van der Waals surface area contributed by atoms with Gasteiger partial charge < -0.3 is 4.74 Å². The maximum Gasteiger partial charge on any atom is 0.262 e. The first-order valence-electron chi connectivity index (χ1n) is 9.43. The summed E-state index contributed by atoms with van der Waals surface area (Å²) in [5.74, 6) is 0.636. The first-order valence-corrected chi connectivity index (χ1v) is 11.7. The van der Waals surface area contributed by atoms with Crippen LogP contribution in [0.25, 0.3) is 10.9 Å². The fourth-order valence-corrected chi connectivity index (χ4v) is 5.09. The van der Waals surface area contributed by atoms with Crippen molar-refractivity contribution < 1.29 is 4.74 Å². The van der Waals surface area contributed by atoms with Gasteiger partial charge in [0.2, 0.25) is 0 Å². The van der Waals surface area contributed by atoms with E-state index in [1.165, 1.54) is 17.3 Å². The van der Waals surface area contributed by atoms with E-state index in [0.29, 0.717) is 40.0 Å². The molecule has 0 spiro atoms. The summed E-state index contributed by atoms with van der Waals surface area (Å²) in [6.07, 6.45) is 0.821. The topological polar surface area (TPSA) is 57.0 Å². The van der Waals surface area contributed by atoms with Crippen molar-refractivity contribution >= 4 is 45.6 Å². The van der Waals surface area contributed by atoms with E-state index in [4.69, 9.17) is 26.3 Å². The third-order valence-electron chi connectivity index (χ3n) is 4.55. The zero-order valence-electron chi connectivity index (χ0n) is 16.4. The zero-order valence-corrected chi connectivity index (χ0v) is 18.8. The molecule has 0 amide bonds. The van der Waals surface area contributed by atoms with Gasteiger partial charge in [-0.15, -0.1) is 11.3 Å². The first-order chi connectivity index (χ1) is 14.6. The molecule has 2 heterocycles. The average Bonchev–Trinajstić information content (AvgIpc) is 3.19. The summed E-state index contributed by atoms with van der Waals surface area (Å²) in [5.41, 5.74) is 2.74. The Bertz CT molecular complexity index is 1210. The SMILES string of the molecule is COCCn1c(SCc2csc(Cc3ccccc3)n2)nc2cc(Cl)ccc2c1=O. The highest BCUT2D eigenvalue weighted by Gasteiger charge is 2.13. The van der Waals surface area contributed by atoms with Gasteiger partial charge in [0.25, 0.3) is 5.56 Å². The van der Waals surface area contributed by atoms with Crippen molar-refractivity contribution in [3.63, 3.8) is 0 Å². The Morgan fingerprint density at radius 2 is 2.00 bits per heavy atom. The second-order valence-electron chi connectivity index (χ2n) is 6.69. The smallest absolute Gasteiger partial charge is 0.262 e. The van der Waals surface area contributed by atoms with Gasteiger partial charge >= 0.3 is 0 Å². The molecule has 0 aliphatic heterocycles. The number of thioether (sulfide) groups is 1. The number of benzene rings is 2. The van der Waals surface area contributed by atoms with E-state index in [9.17, 15) is 4.79 Å². The molecule has 2 aromatic heterocycles. The normalized spacial score (nSPS) is 11.3. The average molecular weight is 458 g/mol. The summed E-state index contributed by atoms with van der Waals surface area (Å²) in [7, 11) is 1.62. The largest absolute Gasteiger partial charge is 0.383 e. The Hall–Kier alpha value is -2.19. The number of aromatic nitrogens is 3. The van der Waals surface area contributed by atoms with Crippen molar-refractivity contribution in [3.05, 3.63) is 85.6 Å². The lowest BCUT2D eigenvalue weighted by Gasteiger charge is -2.12. The van der Waals surface area contributed by atoms with Crippen LogP contribution in [0.2, 0.25) is 5.02 Å². The molecule has 154 valence electrons. The summed E-state index contributed by atoms with van der Waals surface area (Å²) in [5, 5.41) is 4.90. The van der Waals surface area contributed by atoms with Crippen LogP contribution in [0.5, 0.6) is 0 Å². The lowest BCUT2D eigenvalue weighted by Crippen LogP contribution is -2.25. The van der Waals surface area contributed by atoms with E-state index < -0.39 is 0 Å². The Kier molecular flexibility index (Phi) is 6.84. The monoisotopic (exact) mass is 457 g/mol. The van der Waals surface area contributed by atoms with Crippen LogP contribution in [-0.2, 0) is 23.5 Å². The minimum Gasteiger partial charge on any atom is -0.383 e. The molecule has 0 atom stereocenters. The molecule has 8 heteroatoms. The predicted molar refractivity (Wildman–Crippen MR) is 124 cm³/mol. The van der Waals surface area contributed by atoms with Crippen molar-refractivity contribution in [2.75, 3.05) is 13.7 Å². The van der Waals surface area contributed by atoms with Crippen LogP contribution >= 0.6 is 34.7 Å². The summed E-state index contributed by atoms with van der Waals surface area (Å²) in [6.45, 7) is 0.881. The van der Waals surface area contributed by atoms with Crippen LogP contribution in [0.15, 0.2) is 63.9 Å². The van der Waals surface area contributed by atoms with Crippen LogP contribution < -0.4 is 5.56 Å². The van der Waals surface area contributed by atoms with E-state index in [-0.39, 0.29) is 5.56 Å². The Morgan fingerprint density at radius 3 is 2.80 bits per heavy atom. The maximum atomic E-state index is 13.0. The number of halogens is 1. The number of methoxy groups -OCH3 is 1. The molecule has 0 aliphatic carbocycles. The molecular formula is C22H20ClN3O2S2. The standard InChI is InChI=1S/C22H20ClN3O2S2/c1-28-10-9-26-21(27)18-8-7-16(23)12-19(18)25-22(26)30-14-17-13-29-20(24-17)11-15-5-3-2-4-6-15/h2-8,12-13H,9-11,14H2,1H3. The van der Waals surface area contributed by atoms with Gasteiger partial charge in [0, 0.05) is 29.7 Å². The number of ether oxygens (including phenoxy) is 1. The predicted octanol–water partition coefficient (Wildman–Crippen LogP) is 5.04. The van der Waals surface area contributed by atoms with Gasteiger partial charge in [-0.25, -0.2) is 9.97 Å². The highest BCUT2D eigenvalue weighted by atomic mass is 35.5. The molecule has 2 aromatic carbocycles. The van der Waals surface area contributed by atoms with E-state index >= 15 is 0 Å². The number of fused-ring (bicyclic) bond motifs is 1. The van der Waals surface area contributed by atoms with Gasteiger partial charge in [-0.3, -0.25) is 9.36 Å². The number of hydrogen-bond acceptors (Lipinski definition) is 6. The zero-order chi connectivity index (χ0) is 20.9. The van der Waals surface area contributed by atoms with Crippen molar-refractivity contribution in [1.82, 2.24) is 14.5 Å². The Balaban J connectivity index is 1.56. The van der Waals surface area contributed by atoms with Gasteiger partial charge in [-0.2, -0.15) is 0 Å². The first kappa shape index (κ1) is 21.1. The van der Waals surface area contributed by atoms with Crippen molar-refractivity contribution in [2.45, 2.75) is 23.9 Å². The third kappa shape index (κ3) is 4.92. The highest BCUT2D eigenvalue weighted by Crippen LogP contribution is 2.25. The van der Waals surface area contributed by atoms with Crippen molar-refractivity contribution in [2.24, 2.45) is 0 Å². The van der Waals surface area contributed by atoms with Gasteiger partial charge in [-0.1, -0.05) is 53.7 Å². The molecule has 0 N–H and O–H groups in total. The van der Waals surface area contributed by atoms with Crippen LogP contribution in [-0.4, -0.2) is 28.3 Å². The third-order valence-corrected chi connectivity index (χ3v) is 6.69. The number of hydrogen-bond donors (Lipinski definition) is 0. The summed E-state index contributed by atoms with van der Waals surface area (Å²) < 4.78 is 6.85. The van der Waals surface area contributed by atoms with Gasteiger partial charge in [0.05, 0.1) is 34.8 Å². The maximum absolute atomic E-state index is 13.0. The minimum absolute atomic E-state index is 0.0840. The molecule has 4 aromatic rings. The Morgan fingerprint density at radius 1 is 1.17 bits per heavy atom. The van der Waals surface area contributed by atoms with Crippen molar-refractivity contribution in [1.29, 1.82) is 0 Å². The molecule has 0 fully saturated rings. The van der Waals surface area contributed by atoms with E-state index in [1.807, 2.05) is 18.2 Å². The van der Waals surface area contributed by atoms with Crippen LogP contribution in [0.3, 0.4) is 0 Å². The summed E-state index contributed by atoms with van der Waals surface area (Å²) in [4.78, 5) is 22.4. The molecular weight excluding hydrogens is 438 g/mol. The van der Waals surface area contributed by atoms with E-state index in [1.54, 1.807) is 41.2 Å². The van der Waals surface area contributed by atoms with Crippen molar-refractivity contribution in [3.8, 4) is 0 Å². The van der Waals surface area contributed by atoms with Crippen LogP contribution in [0, 0.1) is 0 Å². The van der Waals surface area contributed by atoms with Gasteiger partial charge in [0.1, 0.15) is 0 Å². The molecule has 0 radical (unpaired) electrons. The fraction of sp³-hybridized carbons (Fsp3) is 0.227. The quantitative estimate of drug-likeness (QED) is 0.274. The van der Waals surface area contributed by atoms with E-state index in [0.717, 1.165) is 17.1 Å². The molecule has 30 heavy (non-hydrogen) atoms. The molecule has 0 unspecified atom stereocenters. The second-order valence-corrected chi connectivity index (χ2v) is 9.01. The summed E-state index contributed by atoms with van der Waals surface area (Å²) in [6, 6.07) is 15.5. The second kappa shape index (κ2) is 9.75. The fourth-order valence-electron chi connectivity index (χ4n) is 3.07. The molecule has 0 saturated heterocycles. The van der Waals surface area contributed by atoms with Gasteiger partial charge in [0.15, 0.2) is 5.16 Å². The Labute approximate surface area is 187 Å². The molecule has 0 saturated carbocycles. The highest BCUT2D eigenvalue weighted by molar-refractivity contribution is 7.98. The van der Waals surface area contributed by atoms with Crippen LogP contribution in [0.4, 0.5) is 0 Å². The van der Waals surface area contributed by atoms with Gasteiger partial charge in [-0.05, 0) is 23.8 Å². The van der Waals surface area contributed by atoms with E-state index in [2.05, 4.69) is 17.5 Å². The molecule has 5 nitrogen and oxygen atoms in total. The number of thiazole rings is 1. The molecule has 4 rings (SSSR count). The molecule has 0 bridgehead atoms. The lowest BCUT2D eigenvalue weighted by molar-refractivity contribution is 0.183. The lowest BCUT2D eigenvalue weighted by atomic mass is 10.2. The van der Waals surface area contributed by atoms with Crippen LogP contribution in [0.1, 0.15) is 16.3 Å². The minimum atomic E-state index is -0.0840. The number of rotatable bonds is 8. The number of nitrogens with zero attached hydrogens (tertiary/aromatic N) is 3. The molecule has 0 aliphatic rings.